The lowest BCUT2D eigenvalue weighted by Crippen LogP contribution is -2.57. The normalized spacial score (nSPS) is 38.8. The van der Waals surface area contributed by atoms with Crippen LogP contribution in [-0.2, 0) is 9.53 Å². The lowest BCUT2D eigenvalue weighted by molar-refractivity contribution is -0.141. The van der Waals surface area contributed by atoms with Gasteiger partial charge < -0.3 is 4.74 Å². The van der Waals surface area contributed by atoms with Crippen LogP contribution in [0.5, 0.6) is 0 Å². The molecule has 21 heavy (non-hydrogen) atoms. The first-order valence-corrected chi connectivity index (χ1v) is 8.65. The lowest BCUT2D eigenvalue weighted by atomic mass is 9.73. The maximum absolute atomic E-state index is 11.6. The summed E-state index contributed by atoms with van der Waals surface area (Å²) in [5, 5.41) is 0. The van der Waals surface area contributed by atoms with E-state index in [1.807, 2.05) is 0 Å². The summed E-state index contributed by atoms with van der Waals surface area (Å²) in [6.45, 7) is 9.56. The fraction of sp³-hybridized carbons (Fsp3) is 0.941. The first-order valence-electron chi connectivity index (χ1n) is 8.65. The molecule has 4 nitrogen and oxygen atoms in total. The molecule has 0 aromatic carbocycles. The molecule has 4 rings (SSSR count). The van der Waals surface area contributed by atoms with Crippen molar-refractivity contribution in [3.8, 4) is 0 Å². The molecule has 0 amide bonds. The molecule has 0 spiro atoms. The highest BCUT2D eigenvalue weighted by molar-refractivity contribution is 5.69. The number of nitrogens with zero attached hydrogens (tertiary/aromatic N) is 2. The van der Waals surface area contributed by atoms with Crippen LogP contribution >= 0.6 is 0 Å². The molecule has 0 aliphatic carbocycles. The Morgan fingerprint density at radius 3 is 2.62 bits per heavy atom. The van der Waals surface area contributed by atoms with E-state index in [4.69, 9.17) is 4.74 Å². The minimum atomic E-state index is -0.0566. The smallest absolute Gasteiger partial charge is 0.305 e. The number of fused-ring (bicyclic) bond motifs is 2. The Bertz CT molecular complexity index is 377. The maximum atomic E-state index is 11.6. The van der Waals surface area contributed by atoms with E-state index in [2.05, 4.69) is 23.6 Å². The van der Waals surface area contributed by atoms with Crippen LogP contribution < -0.4 is 0 Å². The predicted molar refractivity (Wildman–Crippen MR) is 83.0 cm³/mol. The number of methoxy groups -OCH3 is 1. The Morgan fingerprint density at radius 2 is 2.00 bits per heavy atom. The van der Waals surface area contributed by atoms with Crippen molar-refractivity contribution in [1.82, 2.24) is 9.80 Å². The zero-order chi connectivity index (χ0) is 15.0. The SMILES string of the molecule is COC(=O)CCC1C2C(CN1CC(C)C)C1CCN2CC1. The van der Waals surface area contributed by atoms with Crippen molar-refractivity contribution in [3.63, 3.8) is 0 Å². The van der Waals surface area contributed by atoms with E-state index >= 15 is 0 Å². The average molecular weight is 294 g/mol. The maximum Gasteiger partial charge on any atom is 0.305 e. The highest BCUT2D eigenvalue weighted by Crippen LogP contribution is 2.45. The van der Waals surface area contributed by atoms with E-state index in [0.717, 1.165) is 18.3 Å². The van der Waals surface area contributed by atoms with Crippen molar-refractivity contribution in [3.05, 3.63) is 0 Å². The molecule has 2 bridgehead atoms. The lowest BCUT2D eigenvalue weighted by Gasteiger charge is -2.49. The van der Waals surface area contributed by atoms with Gasteiger partial charge >= 0.3 is 5.97 Å². The van der Waals surface area contributed by atoms with Crippen molar-refractivity contribution >= 4 is 5.97 Å². The van der Waals surface area contributed by atoms with Crippen molar-refractivity contribution in [2.75, 3.05) is 33.3 Å². The average Bonchev–Trinajstić information content (AvgIpc) is 2.85. The molecular weight excluding hydrogens is 264 g/mol. The molecule has 4 heteroatoms. The summed E-state index contributed by atoms with van der Waals surface area (Å²) in [4.78, 5) is 17.0. The predicted octanol–water partition coefficient (Wildman–Crippen LogP) is 1.99. The monoisotopic (exact) mass is 294 g/mol. The van der Waals surface area contributed by atoms with E-state index in [-0.39, 0.29) is 5.97 Å². The number of esters is 1. The van der Waals surface area contributed by atoms with Crippen molar-refractivity contribution < 1.29 is 9.53 Å². The molecule has 0 radical (unpaired) electrons. The number of rotatable bonds is 5. The van der Waals surface area contributed by atoms with Gasteiger partial charge in [-0.25, -0.2) is 0 Å². The first kappa shape index (κ1) is 15.3. The van der Waals surface area contributed by atoms with E-state index in [1.165, 1.54) is 46.1 Å². The third-order valence-corrected chi connectivity index (χ3v) is 5.82. The topological polar surface area (TPSA) is 32.8 Å². The van der Waals surface area contributed by atoms with Crippen LogP contribution in [0.15, 0.2) is 0 Å². The summed E-state index contributed by atoms with van der Waals surface area (Å²) in [6.07, 6.45) is 4.31. The third-order valence-electron chi connectivity index (χ3n) is 5.82. The van der Waals surface area contributed by atoms with Crippen LogP contribution in [0, 0.1) is 17.8 Å². The number of piperidine rings is 3. The fourth-order valence-electron chi connectivity index (χ4n) is 5.00. The van der Waals surface area contributed by atoms with Crippen LogP contribution in [0.25, 0.3) is 0 Å². The minimum absolute atomic E-state index is 0.0566. The zero-order valence-corrected chi connectivity index (χ0v) is 13.8. The summed E-state index contributed by atoms with van der Waals surface area (Å²) >= 11 is 0. The van der Waals surface area contributed by atoms with Gasteiger partial charge in [0.05, 0.1) is 7.11 Å². The Kier molecular flexibility index (Phi) is 4.55. The van der Waals surface area contributed by atoms with Crippen LogP contribution in [0.2, 0.25) is 0 Å². The number of carbonyl (C=O) groups excluding carboxylic acids is 1. The van der Waals surface area contributed by atoms with Crippen molar-refractivity contribution in [2.24, 2.45) is 17.8 Å². The van der Waals surface area contributed by atoms with Gasteiger partial charge in [0, 0.05) is 31.6 Å². The number of likely N-dealkylation sites (tertiary alicyclic amines) is 1. The van der Waals surface area contributed by atoms with Crippen LogP contribution in [-0.4, -0.2) is 61.1 Å². The van der Waals surface area contributed by atoms with Crippen molar-refractivity contribution in [2.45, 2.75) is 51.6 Å². The third kappa shape index (κ3) is 2.98. The molecule has 4 saturated heterocycles. The molecule has 0 saturated carbocycles. The number of ether oxygens (including phenoxy) is 1. The van der Waals surface area contributed by atoms with Gasteiger partial charge in [-0.05, 0) is 50.1 Å². The fourth-order valence-corrected chi connectivity index (χ4v) is 5.00. The van der Waals surface area contributed by atoms with Gasteiger partial charge in [-0.3, -0.25) is 14.6 Å². The largest absolute Gasteiger partial charge is 0.469 e. The molecule has 120 valence electrons. The van der Waals surface area contributed by atoms with E-state index in [9.17, 15) is 4.79 Å². The summed E-state index contributed by atoms with van der Waals surface area (Å²) in [5.74, 6) is 2.41. The van der Waals surface area contributed by atoms with Gasteiger partial charge in [-0.15, -0.1) is 0 Å². The Balaban J connectivity index is 1.73. The Hall–Kier alpha value is -0.610. The number of carbonyl (C=O) groups is 1. The first-order chi connectivity index (χ1) is 10.1. The Morgan fingerprint density at radius 1 is 1.29 bits per heavy atom. The van der Waals surface area contributed by atoms with E-state index in [1.54, 1.807) is 0 Å². The second-order valence-corrected chi connectivity index (χ2v) is 7.56. The molecular formula is C17H30N2O2. The van der Waals surface area contributed by atoms with Crippen molar-refractivity contribution in [1.29, 1.82) is 0 Å². The summed E-state index contributed by atoms with van der Waals surface area (Å²) < 4.78 is 4.85. The van der Waals surface area contributed by atoms with Gasteiger partial charge in [0.25, 0.3) is 0 Å². The van der Waals surface area contributed by atoms with E-state index in [0.29, 0.717) is 24.4 Å². The van der Waals surface area contributed by atoms with Crippen LogP contribution in [0.1, 0.15) is 39.5 Å². The van der Waals surface area contributed by atoms with Gasteiger partial charge in [0.1, 0.15) is 0 Å². The zero-order valence-electron chi connectivity index (χ0n) is 13.8. The molecule has 4 heterocycles. The molecule has 4 fully saturated rings. The molecule has 0 aromatic heterocycles. The van der Waals surface area contributed by atoms with E-state index < -0.39 is 0 Å². The molecule has 4 aliphatic rings. The second kappa shape index (κ2) is 6.25. The highest BCUT2D eigenvalue weighted by atomic mass is 16.5. The number of hydrogen-bond acceptors (Lipinski definition) is 4. The van der Waals surface area contributed by atoms with Gasteiger partial charge in [-0.1, -0.05) is 13.8 Å². The minimum Gasteiger partial charge on any atom is -0.469 e. The van der Waals surface area contributed by atoms with Crippen LogP contribution in [0.3, 0.4) is 0 Å². The molecule has 0 N–H and O–H groups in total. The van der Waals surface area contributed by atoms with Gasteiger partial charge in [0.15, 0.2) is 0 Å². The summed E-state index contributed by atoms with van der Waals surface area (Å²) in [5.41, 5.74) is 0. The number of hydrogen-bond donors (Lipinski definition) is 0. The molecule has 3 unspecified atom stereocenters. The highest BCUT2D eigenvalue weighted by Gasteiger charge is 2.51. The summed E-state index contributed by atoms with van der Waals surface area (Å²) in [6, 6.07) is 1.25. The summed E-state index contributed by atoms with van der Waals surface area (Å²) in [7, 11) is 1.50. The second-order valence-electron chi connectivity index (χ2n) is 7.56. The van der Waals surface area contributed by atoms with Crippen LogP contribution in [0.4, 0.5) is 0 Å². The molecule has 3 atom stereocenters. The molecule has 4 aliphatic heterocycles. The Labute approximate surface area is 128 Å². The quantitative estimate of drug-likeness (QED) is 0.726. The van der Waals surface area contributed by atoms with Gasteiger partial charge in [-0.2, -0.15) is 0 Å². The molecule has 0 aromatic rings. The standard InChI is InChI=1S/C17H30N2O2/c1-12(2)10-19-11-14-13-6-8-18(9-7-13)17(14)15(19)4-5-16(20)21-3/h12-15,17H,4-11H2,1-3H3. The van der Waals surface area contributed by atoms with Gasteiger partial charge in [0.2, 0.25) is 0 Å².